The summed E-state index contributed by atoms with van der Waals surface area (Å²) in [6.45, 7) is 3.59. The van der Waals surface area contributed by atoms with E-state index in [-0.39, 0.29) is 11.9 Å². The molecule has 6 heteroatoms. The van der Waals surface area contributed by atoms with Crippen molar-refractivity contribution in [3.63, 3.8) is 0 Å². The van der Waals surface area contributed by atoms with E-state index in [9.17, 15) is 4.79 Å². The molecule has 3 nitrogen and oxygen atoms in total. The van der Waals surface area contributed by atoms with E-state index in [1.54, 1.807) is 0 Å². The van der Waals surface area contributed by atoms with Crippen LogP contribution in [-0.2, 0) is 0 Å². The van der Waals surface area contributed by atoms with Crippen molar-refractivity contribution in [2.24, 2.45) is 11.7 Å². The van der Waals surface area contributed by atoms with Crippen molar-refractivity contribution in [3.8, 4) is 0 Å². The van der Waals surface area contributed by atoms with Crippen LogP contribution in [0.25, 0.3) is 0 Å². The summed E-state index contributed by atoms with van der Waals surface area (Å²) >= 11 is 8.34. The van der Waals surface area contributed by atoms with Gasteiger partial charge in [0.25, 0.3) is 5.91 Å². The summed E-state index contributed by atoms with van der Waals surface area (Å²) in [7, 11) is 0. The van der Waals surface area contributed by atoms with Crippen LogP contribution in [0.5, 0.6) is 0 Å². The highest BCUT2D eigenvalue weighted by atomic mass is 79.9. The van der Waals surface area contributed by atoms with E-state index in [1.165, 1.54) is 17.8 Å². The molecular formula is C13H18Br2N2OS. The Bertz CT molecular complexity index is 444. The summed E-state index contributed by atoms with van der Waals surface area (Å²) in [6, 6.07) is 2.07. The molecule has 0 bridgehead atoms. The number of amides is 1. The van der Waals surface area contributed by atoms with Crippen LogP contribution in [0.4, 0.5) is 0 Å². The molecule has 0 saturated carbocycles. The van der Waals surface area contributed by atoms with Gasteiger partial charge in [-0.15, -0.1) is 11.3 Å². The van der Waals surface area contributed by atoms with Crippen molar-refractivity contribution in [3.05, 3.63) is 19.2 Å². The first kappa shape index (κ1) is 15.5. The summed E-state index contributed by atoms with van der Waals surface area (Å²) in [5.41, 5.74) is 5.85. The van der Waals surface area contributed by atoms with Gasteiger partial charge in [0.2, 0.25) is 0 Å². The summed E-state index contributed by atoms with van der Waals surface area (Å²) in [5, 5.41) is 0. The Hall–Kier alpha value is 0.0900. The number of thiophene rings is 1. The maximum absolute atomic E-state index is 12.6. The fourth-order valence-corrected chi connectivity index (χ4v) is 4.58. The number of hydrogen-bond acceptors (Lipinski definition) is 3. The number of nitrogens with zero attached hydrogens (tertiary/aromatic N) is 1. The van der Waals surface area contributed by atoms with Crippen LogP contribution in [0.2, 0.25) is 0 Å². The molecule has 1 aliphatic rings. The van der Waals surface area contributed by atoms with Crippen LogP contribution >= 0.6 is 43.2 Å². The highest BCUT2D eigenvalue weighted by molar-refractivity contribution is 9.13. The molecule has 1 aliphatic heterocycles. The zero-order chi connectivity index (χ0) is 14.0. The summed E-state index contributed by atoms with van der Waals surface area (Å²) < 4.78 is 1.90. The molecule has 1 saturated heterocycles. The van der Waals surface area contributed by atoms with Gasteiger partial charge in [0.1, 0.15) is 0 Å². The van der Waals surface area contributed by atoms with Gasteiger partial charge >= 0.3 is 0 Å². The van der Waals surface area contributed by atoms with E-state index in [0.29, 0.717) is 12.5 Å². The summed E-state index contributed by atoms with van der Waals surface area (Å²) in [4.78, 5) is 15.3. The monoisotopic (exact) mass is 408 g/mol. The van der Waals surface area contributed by atoms with Crippen LogP contribution in [-0.4, -0.2) is 29.9 Å². The zero-order valence-electron chi connectivity index (χ0n) is 10.9. The maximum Gasteiger partial charge on any atom is 0.264 e. The largest absolute Gasteiger partial charge is 0.334 e. The van der Waals surface area contributed by atoms with Crippen molar-refractivity contribution < 1.29 is 4.79 Å². The molecule has 1 amide bonds. The van der Waals surface area contributed by atoms with E-state index in [1.807, 2.05) is 11.0 Å². The number of halogens is 2. The lowest BCUT2D eigenvalue weighted by atomic mass is 9.89. The minimum Gasteiger partial charge on any atom is -0.334 e. The Morgan fingerprint density at radius 3 is 2.84 bits per heavy atom. The molecule has 19 heavy (non-hydrogen) atoms. The van der Waals surface area contributed by atoms with Crippen LogP contribution in [0, 0.1) is 5.92 Å². The Balaban J connectivity index is 2.14. The van der Waals surface area contributed by atoms with Crippen LogP contribution in [0.3, 0.4) is 0 Å². The standard InChI is InChI=1S/C13H18Br2N2OS/c1-2-8-3-4-17(9(5-8)7-16)13(18)11-6-10(14)12(15)19-11/h6,8-9H,2-5,7,16H2,1H3. The third kappa shape index (κ3) is 3.40. The van der Waals surface area contributed by atoms with Crippen LogP contribution in [0.15, 0.2) is 14.3 Å². The fourth-order valence-electron chi connectivity index (χ4n) is 2.59. The first-order chi connectivity index (χ1) is 9.06. The molecule has 1 aromatic rings. The van der Waals surface area contributed by atoms with E-state index in [0.717, 1.165) is 32.5 Å². The van der Waals surface area contributed by atoms with Crippen molar-refractivity contribution in [1.29, 1.82) is 0 Å². The minimum atomic E-state index is 0.112. The number of rotatable bonds is 3. The van der Waals surface area contributed by atoms with Gasteiger partial charge in [0.15, 0.2) is 0 Å². The predicted octanol–water partition coefficient (Wildman–Crippen LogP) is 3.86. The Morgan fingerprint density at radius 2 is 2.32 bits per heavy atom. The van der Waals surface area contributed by atoms with Crippen molar-refractivity contribution in [2.45, 2.75) is 32.2 Å². The van der Waals surface area contributed by atoms with Gasteiger partial charge in [-0.1, -0.05) is 13.3 Å². The first-order valence-corrected chi connectivity index (χ1v) is 8.92. The topological polar surface area (TPSA) is 46.3 Å². The molecule has 0 aromatic carbocycles. The van der Waals surface area contributed by atoms with Gasteiger partial charge < -0.3 is 10.6 Å². The molecule has 1 aromatic heterocycles. The lowest BCUT2D eigenvalue weighted by Crippen LogP contribution is -2.49. The molecule has 1 fully saturated rings. The summed E-state index contributed by atoms with van der Waals surface area (Å²) in [5.74, 6) is 0.820. The average molecular weight is 410 g/mol. The Labute approximate surface area is 134 Å². The van der Waals surface area contributed by atoms with Gasteiger partial charge in [0.05, 0.1) is 8.66 Å². The van der Waals surface area contributed by atoms with Gasteiger partial charge in [-0.2, -0.15) is 0 Å². The van der Waals surface area contributed by atoms with Crippen LogP contribution < -0.4 is 5.73 Å². The highest BCUT2D eigenvalue weighted by Gasteiger charge is 2.31. The molecule has 2 heterocycles. The van der Waals surface area contributed by atoms with Gasteiger partial charge in [-0.25, -0.2) is 0 Å². The van der Waals surface area contributed by atoms with E-state index < -0.39 is 0 Å². The number of carbonyl (C=O) groups excluding carboxylic acids is 1. The number of carbonyl (C=O) groups is 1. The van der Waals surface area contributed by atoms with Crippen molar-refractivity contribution in [2.75, 3.05) is 13.1 Å². The smallest absolute Gasteiger partial charge is 0.264 e. The fraction of sp³-hybridized carbons (Fsp3) is 0.615. The molecule has 0 spiro atoms. The minimum absolute atomic E-state index is 0.112. The van der Waals surface area contributed by atoms with Crippen molar-refractivity contribution in [1.82, 2.24) is 4.90 Å². The van der Waals surface area contributed by atoms with E-state index in [4.69, 9.17) is 5.73 Å². The lowest BCUT2D eigenvalue weighted by Gasteiger charge is -2.38. The molecular weight excluding hydrogens is 392 g/mol. The zero-order valence-corrected chi connectivity index (χ0v) is 14.9. The number of piperidine rings is 1. The number of likely N-dealkylation sites (tertiary alicyclic amines) is 1. The Morgan fingerprint density at radius 1 is 1.58 bits per heavy atom. The van der Waals surface area contributed by atoms with Crippen molar-refractivity contribution >= 4 is 49.1 Å². The number of hydrogen-bond donors (Lipinski definition) is 1. The summed E-state index contributed by atoms with van der Waals surface area (Å²) in [6.07, 6.45) is 3.30. The molecule has 106 valence electrons. The first-order valence-electron chi connectivity index (χ1n) is 6.52. The second kappa shape index (κ2) is 6.70. The highest BCUT2D eigenvalue weighted by Crippen LogP contribution is 2.34. The molecule has 2 unspecified atom stereocenters. The predicted molar refractivity (Wildman–Crippen MR) is 86.6 cm³/mol. The average Bonchev–Trinajstić information content (AvgIpc) is 2.77. The maximum atomic E-state index is 12.6. The molecule has 0 radical (unpaired) electrons. The van der Waals surface area contributed by atoms with Gasteiger partial charge in [0, 0.05) is 23.6 Å². The quantitative estimate of drug-likeness (QED) is 0.823. The molecule has 2 rings (SSSR count). The second-order valence-electron chi connectivity index (χ2n) is 4.92. The second-order valence-corrected chi connectivity index (χ2v) is 8.14. The van der Waals surface area contributed by atoms with Gasteiger partial charge in [-0.05, 0) is 56.7 Å². The lowest BCUT2D eigenvalue weighted by molar-refractivity contribution is 0.0563. The third-order valence-corrected chi connectivity index (χ3v) is 7.03. The van der Waals surface area contributed by atoms with E-state index >= 15 is 0 Å². The normalized spacial score (nSPS) is 23.7. The van der Waals surface area contributed by atoms with Gasteiger partial charge in [-0.3, -0.25) is 4.79 Å². The third-order valence-electron chi connectivity index (χ3n) is 3.79. The van der Waals surface area contributed by atoms with Crippen LogP contribution in [0.1, 0.15) is 35.9 Å². The van der Waals surface area contributed by atoms with E-state index in [2.05, 4.69) is 38.8 Å². The SMILES string of the molecule is CCC1CCN(C(=O)c2cc(Br)c(Br)s2)C(CN)C1. The molecule has 2 N–H and O–H groups in total. The Kier molecular flexibility index (Phi) is 5.45. The number of nitrogens with two attached hydrogens (primary N) is 1. The molecule has 2 atom stereocenters. The molecule has 0 aliphatic carbocycles.